The average Bonchev–Trinajstić information content (AvgIpc) is 3.26. The van der Waals surface area contributed by atoms with Crippen LogP contribution >= 0.6 is 23.1 Å². The molecule has 0 aliphatic rings. The molecule has 144 valence electrons. The van der Waals surface area contributed by atoms with Gasteiger partial charge in [-0.1, -0.05) is 103 Å². The Labute approximate surface area is 185 Å². The van der Waals surface area contributed by atoms with Crippen molar-refractivity contribution in [3.8, 4) is 44.0 Å². The summed E-state index contributed by atoms with van der Waals surface area (Å²) in [6.07, 6.45) is 0. The molecule has 0 bridgehead atoms. The number of rotatable bonds is 4. The third kappa shape index (κ3) is 3.68. The number of benzene rings is 4. The van der Waals surface area contributed by atoms with Gasteiger partial charge in [0.2, 0.25) is 0 Å². The Morgan fingerprint density at radius 2 is 1.10 bits per heavy atom. The molecular weight excluding hydrogens is 406 g/mol. The van der Waals surface area contributed by atoms with Crippen molar-refractivity contribution in [1.29, 1.82) is 0 Å². The smallest absolute Gasteiger partial charge is 0.0925 e. The average molecular weight is 424 g/mol. The molecule has 30 heavy (non-hydrogen) atoms. The van der Waals surface area contributed by atoms with Crippen LogP contribution in [0.4, 0.5) is 0 Å². The zero-order valence-electron chi connectivity index (χ0n) is 16.1. The minimum absolute atomic E-state index is 0.741. The van der Waals surface area contributed by atoms with E-state index < -0.39 is 0 Å². The van der Waals surface area contributed by atoms with Gasteiger partial charge in [-0.15, -0.1) is 0 Å². The maximum Gasteiger partial charge on any atom is 0.0925 e. The summed E-state index contributed by atoms with van der Waals surface area (Å²) < 4.78 is 4.88. The van der Waals surface area contributed by atoms with Crippen LogP contribution in [0.15, 0.2) is 109 Å². The Balaban J connectivity index is 1.72. The van der Waals surface area contributed by atoms with Gasteiger partial charge in [0, 0.05) is 16.1 Å². The minimum atomic E-state index is 0.741. The Morgan fingerprint density at radius 1 is 0.533 bits per heavy atom. The Kier molecular flexibility index (Phi) is 5.18. The molecule has 0 N–H and O–H groups in total. The van der Waals surface area contributed by atoms with E-state index in [1.807, 2.05) is 30.3 Å². The van der Waals surface area contributed by atoms with E-state index in [1.54, 1.807) is 11.5 Å². The zero-order chi connectivity index (χ0) is 20.3. The molecule has 0 radical (unpaired) electrons. The van der Waals surface area contributed by atoms with Gasteiger partial charge in [0.05, 0.1) is 10.6 Å². The molecule has 3 heteroatoms. The molecule has 0 unspecified atom stereocenters. The van der Waals surface area contributed by atoms with Crippen molar-refractivity contribution < 1.29 is 0 Å². The van der Waals surface area contributed by atoms with Crippen LogP contribution in [0.2, 0.25) is 5.02 Å². The molecule has 1 nitrogen and oxygen atoms in total. The molecule has 5 rings (SSSR count). The maximum absolute atomic E-state index is 6.24. The number of aromatic nitrogens is 1. The fourth-order valence-electron chi connectivity index (χ4n) is 3.66. The first-order valence-corrected chi connectivity index (χ1v) is 10.9. The van der Waals surface area contributed by atoms with Crippen LogP contribution in [0.3, 0.4) is 0 Å². The van der Waals surface area contributed by atoms with Crippen LogP contribution in [-0.4, -0.2) is 4.37 Å². The lowest BCUT2D eigenvalue weighted by Crippen LogP contribution is -1.86. The van der Waals surface area contributed by atoms with Crippen LogP contribution in [0, 0.1) is 0 Å². The summed E-state index contributed by atoms with van der Waals surface area (Å²) in [4.78, 5) is 1.18. The third-order valence-electron chi connectivity index (χ3n) is 5.08. The van der Waals surface area contributed by atoms with Gasteiger partial charge in [0.15, 0.2) is 0 Å². The molecule has 1 aromatic heterocycles. The zero-order valence-corrected chi connectivity index (χ0v) is 17.7. The molecule has 0 aliphatic carbocycles. The summed E-state index contributed by atoms with van der Waals surface area (Å²) in [6, 6.07) is 37.5. The van der Waals surface area contributed by atoms with E-state index in [2.05, 4.69) is 78.9 Å². The normalized spacial score (nSPS) is 10.8. The highest BCUT2D eigenvalue weighted by Crippen LogP contribution is 2.43. The highest BCUT2D eigenvalue weighted by molar-refractivity contribution is 7.10. The highest BCUT2D eigenvalue weighted by atomic mass is 35.5. The maximum atomic E-state index is 6.24. The summed E-state index contributed by atoms with van der Waals surface area (Å²) in [5, 5.41) is 0.741. The van der Waals surface area contributed by atoms with Gasteiger partial charge >= 0.3 is 0 Å². The minimum Gasteiger partial charge on any atom is -0.191 e. The Bertz CT molecular complexity index is 1240. The second kappa shape index (κ2) is 8.27. The van der Waals surface area contributed by atoms with Crippen molar-refractivity contribution in [3.63, 3.8) is 0 Å². The van der Waals surface area contributed by atoms with Gasteiger partial charge in [-0.3, -0.25) is 0 Å². The van der Waals surface area contributed by atoms with Gasteiger partial charge in [-0.05, 0) is 52.0 Å². The first kappa shape index (κ1) is 18.8. The molecule has 0 saturated carbocycles. The van der Waals surface area contributed by atoms with E-state index >= 15 is 0 Å². The van der Waals surface area contributed by atoms with Crippen LogP contribution in [-0.2, 0) is 0 Å². The second-order valence-electron chi connectivity index (χ2n) is 7.06. The summed E-state index contributed by atoms with van der Waals surface area (Å²) >= 11 is 7.79. The van der Waals surface area contributed by atoms with Gasteiger partial charge in [0.25, 0.3) is 0 Å². The Morgan fingerprint density at radius 3 is 1.80 bits per heavy atom. The molecule has 1 heterocycles. The first-order chi connectivity index (χ1) is 14.8. The largest absolute Gasteiger partial charge is 0.191 e. The number of hydrogen-bond acceptors (Lipinski definition) is 2. The van der Waals surface area contributed by atoms with Gasteiger partial charge < -0.3 is 0 Å². The summed E-state index contributed by atoms with van der Waals surface area (Å²) in [6.45, 7) is 0. The van der Waals surface area contributed by atoms with Crippen LogP contribution in [0.1, 0.15) is 0 Å². The van der Waals surface area contributed by atoms with Crippen LogP contribution in [0.5, 0.6) is 0 Å². The lowest BCUT2D eigenvalue weighted by molar-refractivity contribution is 1.51. The van der Waals surface area contributed by atoms with Gasteiger partial charge in [-0.2, -0.15) is 4.37 Å². The molecule has 0 aliphatic heterocycles. The van der Waals surface area contributed by atoms with E-state index in [4.69, 9.17) is 16.0 Å². The third-order valence-corrected chi connectivity index (χ3v) is 6.22. The SMILES string of the molecule is Clc1cccc(-c2cccc(-c3c(-c4ccccc4)nsc3-c3ccccc3)c2)c1. The molecule has 4 aromatic carbocycles. The fourth-order valence-corrected chi connectivity index (χ4v) is 4.78. The molecule has 0 spiro atoms. The summed E-state index contributed by atoms with van der Waals surface area (Å²) in [5.41, 5.74) is 7.89. The summed E-state index contributed by atoms with van der Waals surface area (Å²) in [5.74, 6) is 0. The van der Waals surface area contributed by atoms with E-state index in [-0.39, 0.29) is 0 Å². The van der Waals surface area contributed by atoms with Crippen molar-refractivity contribution in [1.82, 2.24) is 4.37 Å². The van der Waals surface area contributed by atoms with Gasteiger partial charge in [0.1, 0.15) is 0 Å². The van der Waals surface area contributed by atoms with E-state index in [9.17, 15) is 0 Å². The first-order valence-electron chi connectivity index (χ1n) is 9.76. The van der Waals surface area contributed by atoms with Crippen LogP contribution in [0.25, 0.3) is 44.0 Å². The number of halogens is 1. The molecule has 5 aromatic rings. The highest BCUT2D eigenvalue weighted by Gasteiger charge is 2.19. The Hall–Kier alpha value is -3.20. The molecular formula is C27H18ClNS. The van der Waals surface area contributed by atoms with Crippen molar-refractivity contribution in [2.45, 2.75) is 0 Å². The molecule has 0 amide bonds. The van der Waals surface area contributed by atoms with Gasteiger partial charge in [-0.25, -0.2) is 0 Å². The monoisotopic (exact) mass is 423 g/mol. The van der Waals surface area contributed by atoms with Crippen molar-refractivity contribution in [2.24, 2.45) is 0 Å². The number of nitrogens with zero attached hydrogens (tertiary/aromatic N) is 1. The summed E-state index contributed by atoms with van der Waals surface area (Å²) in [7, 11) is 0. The van der Waals surface area contributed by atoms with E-state index in [1.165, 1.54) is 16.0 Å². The standard InChI is InChI=1S/C27H18ClNS/c28-24-16-8-14-22(18-24)21-13-7-15-23(17-21)25-26(19-9-3-1-4-10-19)29-30-27(25)20-11-5-2-6-12-20/h1-18H. The molecule has 0 atom stereocenters. The van der Waals surface area contributed by atoms with Crippen LogP contribution < -0.4 is 0 Å². The number of hydrogen-bond donors (Lipinski definition) is 0. The lowest BCUT2D eigenvalue weighted by Gasteiger charge is -2.10. The molecule has 0 fully saturated rings. The topological polar surface area (TPSA) is 12.9 Å². The lowest BCUT2D eigenvalue weighted by atomic mass is 9.94. The van der Waals surface area contributed by atoms with E-state index in [0.717, 1.165) is 33.0 Å². The van der Waals surface area contributed by atoms with Crippen molar-refractivity contribution in [2.75, 3.05) is 0 Å². The quantitative estimate of drug-likeness (QED) is 0.282. The predicted octanol–water partition coefficient (Wildman–Crippen LogP) is 8.46. The second-order valence-corrected chi connectivity index (χ2v) is 8.27. The predicted molar refractivity (Wildman–Crippen MR) is 129 cm³/mol. The van der Waals surface area contributed by atoms with Crippen molar-refractivity contribution in [3.05, 3.63) is 114 Å². The fraction of sp³-hybridized carbons (Fsp3) is 0. The van der Waals surface area contributed by atoms with Crippen molar-refractivity contribution >= 4 is 23.1 Å². The van der Waals surface area contributed by atoms with E-state index in [0.29, 0.717) is 0 Å². The molecule has 0 saturated heterocycles.